The number of aliphatic carboxylic acids is 2. The van der Waals surface area contributed by atoms with E-state index in [-0.39, 0.29) is 48.4 Å². The average Bonchev–Trinajstić information content (AvgIpc) is 2.44. The van der Waals surface area contributed by atoms with Crippen LogP contribution in [0.25, 0.3) is 0 Å². The maximum Gasteiger partial charge on any atom is 1.00 e. The Bertz CT molecular complexity index is 320. The summed E-state index contributed by atoms with van der Waals surface area (Å²) >= 11 is 0. The fraction of sp³-hybridized carbons (Fsp3) is 0.824. The van der Waals surface area contributed by atoms with Crippen molar-refractivity contribution in [2.75, 3.05) is 13.1 Å². The van der Waals surface area contributed by atoms with Crippen LogP contribution in [-0.4, -0.2) is 35.9 Å². The van der Waals surface area contributed by atoms with Gasteiger partial charge in [-0.05, 0) is 13.3 Å². The summed E-state index contributed by atoms with van der Waals surface area (Å²) in [5.41, 5.74) is 0. The van der Waals surface area contributed by atoms with Crippen molar-refractivity contribution in [2.45, 2.75) is 78.1 Å². The standard InChI is InChI=1S/C15H29NO3.C2H4O2.Na/c1-2-3-4-5-6-7-8-9-10-11-14(17)12-16-13-15(18)19;1-2(3)4;/h16H,2-13H2,1H3,(H,18,19);1H3,(H,3,4);/q;;+1/p-1. The van der Waals surface area contributed by atoms with Crippen molar-refractivity contribution in [2.24, 2.45) is 0 Å². The Morgan fingerprint density at radius 2 is 1.29 bits per heavy atom. The largest absolute Gasteiger partial charge is 1.00 e. The Balaban J connectivity index is -0.000000787. The van der Waals surface area contributed by atoms with Crippen LogP contribution >= 0.6 is 0 Å². The molecular weight excluding hydrogens is 321 g/mol. The minimum Gasteiger partial charge on any atom is -0.550 e. The molecule has 0 atom stereocenters. The number of hydrogen-bond acceptors (Lipinski definition) is 5. The first kappa shape index (κ1) is 28.4. The van der Waals surface area contributed by atoms with E-state index in [0.29, 0.717) is 6.42 Å². The summed E-state index contributed by atoms with van der Waals surface area (Å²) in [5.74, 6) is -1.89. The molecule has 0 fully saturated rings. The zero-order chi connectivity index (χ0) is 17.9. The summed E-state index contributed by atoms with van der Waals surface area (Å²) in [5, 5.41) is 19.9. The Kier molecular flexibility index (Phi) is 26.7. The molecule has 0 aromatic carbocycles. The van der Waals surface area contributed by atoms with Gasteiger partial charge in [0.25, 0.3) is 0 Å². The van der Waals surface area contributed by atoms with Gasteiger partial charge < -0.3 is 20.3 Å². The third kappa shape index (κ3) is 33.2. The van der Waals surface area contributed by atoms with Gasteiger partial charge in [0.1, 0.15) is 5.78 Å². The van der Waals surface area contributed by atoms with Gasteiger partial charge in [-0.25, -0.2) is 0 Å². The van der Waals surface area contributed by atoms with Gasteiger partial charge in [-0.3, -0.25) is 9.59 Å². The van der Waals surface area contributed by atoms with E-state index in [1.54, 1.807) is 0 Å². The molecule has 7 heteroatoms. The molecule has 0 amide bonds. The van der Waals surface area contributed by atoms with Crippen LogP contribution in [-0.2, 0) is 14.4 Å². The van der Waals surface area contributed by atoms with Crippen molar-refractivity contribution < 1.29 is 54.2 Å². The summed E-state index contributed by atoms with van der Waals surface area (Å²) in [6.45, 7) is 3.25. The van der Waals surface area contributed by atoms with Crippen molar-refractivity contribution in [3.8, 4) is 0 Å². The second kappa shape index (κ2) is 22.6. The molecule has 0 heterocycles. The molecule has 24 heavy (non-hydrogen) atoms. The molecule has 136 valence electrons. The number of nitrogens with one attached hydrogen (secondary N) is 1. The molecule has 0 aliphatic heterocycles. The van der Waals surface area contributed by atoms with E-state index in [0.717, 1.165) is 19.8 Å². The smallest absolute Gasteiger partial charge is 0.550 e. The van der Waals surface area contributed by atoms with E-state index >= 15 is 0 Å². The summed E-state index contributed by atoms with van der Waals surface area (Å²) in [4.78, 5) is 30.5. The minimum absolute atomic E-state index is 0. The van der Waals surface area contributed by atoms with Crippen molar-refractivity contribution >= 4 is 17.7 Å². The first-order chi connectivity index (χ1) is 10.9. The summed E-state index contributed by atoms with van der Waals surface area (Å²) in [6, 6.07) is 0. The zero-order valence-electron chi connectivity index (χ0n) is 15.6. The molecule has 0 radical (unpaired) electrons. The number of carboxylic acids is 2. The second-order valence-electron chi connectivity index (χ2n) is 5.61. The van der Waals surface area contributed by atoms with Gasteiger partial charge >= 0.3 is 35.5 Å². The summed E-state index contributed by atoms with van der Waals surface area (Å²) in [6.07, 6.45) is 11.7. The van der Waals surface area contributed by atoms with Gasteiger partial charge in [0, 0.05) is 12.4 Å². The number of rotatable bonds is 14. The quantitative estimate of drug-likeness (QED) is 0.304. The number of hydrogen-bond donors (Lipinski definition) is 2. The number of carbonyl (C=O) groups excluding carboxylic acids is 2. The van der Waals surface area contributed by atoms with Crippen LogP contribution in [0.2, 0.25) is 0 Å². The summed E-state index contributed by atoms with van der Waals surface area (Å²) in [7, 11) is 0. The fourth-order valence-corrected chi connectivity index (χ4v) is 2.03. The monoisotopic (exact) mass is 353 g/mol. The van der Waals surface area contributed by atoms with Crippen LogP contribution < -0.4 is 40.0 Å². The van der Waals surface area contributed by atoms with Crippen molar-refractivity contribution in [1.82, 2.24) is 5.32 Å². The molecule has 0 spiro atoms. The van der Waals surface area contributed by atoms with E-state index < -0.39 is 11.9 Å². The van der Waals surface area contributed by atoms with Gasteiger partial charge in [-0.2, -0.15) is 0 Å². The molecule has 2 N–H and O–H groups in total. The van der Waals surface area contributed by atoms with E-state index in [1.807, 2.05) is 0 Å². The fourth-order valence-electron chi connectivity index (χ4n) is 2.03. The molecule has 0 aliphatic rings. The average molecular weight is 353 g/mol. The third-order valence-electron chi connectivity index (χ3n) is 3.16. The second-order valence-corrected chi connectivity index (χ2v) is 5.61. The van der Waals surface area contributed by atoms with Crippen LogP contribution in [0, 0.1) is 0 Å². The maximum absolute atomic E-state index is 11.4. The Labute approximate surface area is 168 Å². The molecule has 0 aromatic rings. The van der Waals surface area contributed by atoms with Gasteiger partial charge in [0.05, 0.1) is 13.1 Å². The molecule has 0 saturated heterocycles. The SMILES string of the molecule is CC(=O)[O-].CCCCCCCCCCCC(=O)CNCC(=O)O.[Na+]. The number of carboxylic acid groups (broad SMARTS) is 2. The molecular formula is C17H32NNaO5. The van der Waals surface area contributed by atoms with Crippen LogP contribution in [0.1, 0.15) is 78.1 Å². The number of unbranched alkanes of at least 4 members (excludes halogenated alkanes) is 8. The topological polar surface area (TPSA) is 107 Å². The Hall–Kier alpha value is -0.430. The number of Topliss-reactive ketones (excluding diaryl/α,β-unsaturated/α-hetero) is 1. The molecule has 6 nitrogen and oxygen atoms in total. The first-order valence-electron chi connectivity index (χ1n) is 8.51. The van der Waals surface area contributed by atoms with Gasteiger partial charge in [0.15, 0.2) is 0 Å². The molecule has 0 aromatic heterocycles. The number of carbonyl (C=O) groups is 3. The molecule has 0 unspecified atom stereocenters. The first-order valence-corrected chi connectivity index (χ1v) is 8.51. The van der Waals surface area contributed by atoms with E-state index in [9.17, 15) is 9.59 Å². The van der Waals surface area contributed by atoms with Crippen LogP contribution in [0.5, 0.6) is 0 Å². The van der Waals surface area contributed by atoms with Crippen molar-refractivity contribution in [3.63, 3.8) is 0 Å². The predicted octanol–water partition coefficient (Wildman–Crippen LogP) is -1.09. The predicted molar refractivity (Wildman–Crippen MR) is 88.0 cm³/mol. The number of ketones is 1. The van der Waals surface area contributed by atoms with Crippen molar-refractivity contribution in [1.29, 1.82) is 0 Å². The summed E-state index contributed by atoms with van der Waals surface area (Å²) < 4.78 is 0. The van der Waals surface area contributed by atoms with E-state index in [2.05, 4.69) is 12.2 Å². The molecule has 0 aliphatic carbocycles. The van der Waals surface area contributed by atoms with Crippen molar-refractivity contribution in [3.05, 3.63) is 0 Å². The molecule has 0 bridgehead atoms. The Morgan fingerprint density at radius 1 is 0.875 bits per heavy atom. The molecule has 0 rings (SSSR count). The van der Waals surface area contributed by atoms with Crippen LogP contribution in [0.3, 0.4) is 0 Å². The molecule has 0 saturated carbocycles. The van der Waals surface area contributed by atoms with E-state index in [4.69, 9.17) is 15.0 Å². The van der Waals surface area contributed by atoms with Gasteiger partial charge in [-0.15, -0.1) is 0 Å². The zero-order valence-corrected chi connectivity index (χ0v) is 17.6. The van der Waals surface area contributed by atoms with Gasteiger partial charge in [-0.1, -0.05) is 58.3 Å². The maximum atomic E-state index is 11.4. The third-order valence-corrected chi connectivity index (χ3v) is 3.16. The van der Waals surface area contributed by atoms with Crippen LogP contribution in [0.4, 0.5) is 0 Å². The normalized spacial score (nSPS) is 9.42. The minimum atomic E-state index is -1.08. The van der Waals surface area contributed by atoms with Gasteiger partial charge in [0.2, 0.25) is 0 Å². The van der Waals surface area contributed by atoms with E-state index in [1.165, 1.54) is 44.9 Å². The Morgan fingerprint density at radius 3 is 1.71 bits per heavy atom. The van der Waals surface area contributed by atoms with Crippen LogP contribution in [0.15, 0.2) is 0 Å².